The second-order valence-electron chi connectivity index (χ2n) is 12.4. The van der Waals surface area contributed by atoms with E-state index in [9.17, 15) is 9.59 Å². The Balaban J connectivity index is 1.43. The minimum absolute atomic E-state index is 0.231. The van der Waals surface area contributed by atoms with Crippen LogP contribution in [0.1, 0.15) is 176 Å². The molecule has 0 fully saturated rings. The maximum absolute atomic E-state index is 13.0. The lowest BCUT2D eigenvalue weighted by molar-refractivity contribution is 0.0971. The van der Waals surface area contributed by atoms with E-state index < -0.39 is 0 Å². The summed E-state index contributed by atoms with van der Waals surface area (Å²) in [5, 5.41) is 2.09. The van der Waals surface area contributed by atoms with Gasteiger partial charge in [-0.15, -0.1) is 0 Å². The second kappa shape index (κ2) is 19.7. The van der Waals surface area contributed by atoms with Crippen LogP contribution in [0.2, 0.25) is 0 Å². The van der Waals surface area contributed by atoms with Gasteiger partial charge in [0.25, 0.3) is 0 Å². The highest BCUT2D eigenvalue weighted by atomic mass is 16.1. The number of carbonyl (C=O) groups is 2. The van der Waals surface area contributed by atoms with Crippen molar-refractivity contribution < 1.29 is 9.59 Å². The first-order valence-corrected chi connectivity index (χ1v) is 17.3. The maximum atomic E-state index is 13.0. The number of H-pyrrole nitrogens is 1. The van der Waals surface area contributed by atoms with Crippen LogP contribution in [0.3, 0.4) is 0 Å². The van der Waals surface area contributed by atoms with Gasteiger partial charge in [0.1, 0.15) is 0 Å². The van der Waals surface area contributed by atoms with Gasteiger partial charge < -0.3 is 4.98 Å². The Kier molecular flexibility index (Phi) is 15.9. The lowest BCUT2D eigenvalue weighted by Gasteiger charge is -2.04. The third-order valence-electron chi connectivity index (χ3n) is 8.76. The molecule has 41 heavy (non-hydrogen) atoms. The van der Waals surface area contributed by atoms with Crippen LogP contribution in [-0.4, -0.2) is 16.6 Å². The van der Waals surface area contributed by atoms with Crippen molar-refractivity contribution in [3.05, 3.63) is 47.5 Å². The predicted molar refractivity (Wildman–Crippen MR) is 177 cm³/mol. The van der Waals surface area contributed by atoms with Gasteiger partial charge in [0, 0.05) is 45.8 Å². The zero-order valence-electron chi connectivity index (χ0n) is 26.3. The number of aromatic amines is 1. The molecule has 226 valence electrons. The molecular formula is C38H57NO2. The standard InChI is InChI=1S/C38H57NO2/c1-3-5-7-9-11-13-15-17-19-21-23-37(40)31-25-27-35-33(29-31)34-30-32(26-28-36(34)39-35)38(41)24-22-20-18-16-14-12-10-8-6-4-2/h25-30,39H,3-24H2,1-2H3. The topological polar surface area (TPSA) is 49.9 Å². The van der Waals surface area contributed by atoms with Crippen molar-refractivity contribution >= 4 is 33.4 Å². The smallest absolute Gasteiger partial charge is 0.162 e. The van der Waals surface area contributed by atoms with Crippen LogP contribution in [0.25, 0.3) is 21.8 Å². The number of nitrogens with one attached hydrogen (secondary N) is 1. The van der Waals surface area contributed by atoms with Gasteiger partial charge in [-0.25, -0.2) is 0 Å². The Morgan fingerprint density at radius 1 is 0.463 bits per heavy atom. The van der Waals surface area contributed by atoms with Crippen molar-refractivity contribution in [2.24, 2.45) is 0 Å². The monoisotopic (exact) mass is 559 g/mol. The van der Waals surface area contributed by atoms with Crippen molar-refractivity contribution in [1.82, 2.24) is 4.98 Å². The molecule has 3 heteroatoms. The van der Waals surface area contributed by atoms with Crippen LogP contribution in [0.5, 0.6) is 0 Å². The Morgan fingerprint density at radius 2 is 0.780 bits per heavy atom. The van der Waals surface area contributed by atoms with Crippen LogP contribution in [0, 0.1) is 0 Å². The predicted octanol–water partition coefficient (Wildman–Crippen LogP) is 12.3. The molecule has 1 N–H and O–H groups in total. The molecule has 3 nitrogen and oxygen atoms in total. The van der Waals surface area contributed by atoms with Gasteiger partial charge in [-0.05, 0) is 49.2 Å². The van der Waals surface area contributed by atoms with Gasteiger partial charge in [-0.3, -0.25) is 9.59 Å². The zero-order valence-corrected chi connectivity index (χ0v) is 26.3. The van der Waals surface area contributed by atoms with Crippen LogP contribution < -0.4 is 0 Å². The molecule has 0 unspecified atom stereocenters. The number of benzene rings is 2. The Bertz CT molecular complexity index is 1080. The molecule has 1 aromatic heterocycles. The fourth-order valence-corrected chi connectivity index (χ4v) is 6.08. The van der Waals surface area contributed by atoms with Crippen LogP contribution >= 0.6 is 0 Å². The third kappa shape index (κ3) is 11.8. The quantitative estimate of drug-likeness (QED) is 0.0876. The minimum Gasteiger partial charge on any atom is -0.355 e. The molecule has 1 heterocycles. The number of aromatic nitrogens is 1. The van der Waals surface area contributed by atoms with E-state index in [0.717, 1.165) is 58.6 Å². The summed E-state index contributed by atoms with van der Waals surface area (Å²) in [6.07, 6.45) is 26.7. The summed E-state index contributed by atoms with van der Waals surface area (Å²) in [4.78, 5) is 29.4. The number of hydrogen-bond donors (Lipinski definition) is 1. The van der Waals surface area contributed by atoms with Crippen molar-refractivity contribution in [2.45, 2.75) is 155 Å². The Hall–Kier alpha value is -2.42. The van der Waals surface area contributed by atoms with E-state index >= 15 is 0 Å². The molecule has 0 spiro atoms. The molecule has 0 aliphatic carbocycles. The van der Waals surface area contributed by atoms with Crippen LogP contribution in [-0.2, 0) is 0 Å². The fourth-order valence-electron chi connectivity index (χ4n) is 6.08. The van der Waals surface area contributed by atoms with Gasteiger partial charge in [-0.2, -0.15) is 0 Å². The number of unbranched alkanes of at least 4 members (excludes halogenated alkanes) is 18. The van der Waals surface area contributed by atoms with Crippen molar-refractivity contribution in [3.63, 3.8) is 0 Å². The maximum Gasteiger partial charge on any atom is 0.162 e. The molecule has 2 aromatic carbocycles. The molecule has 0 aliphatic heterocycles. The SMILES string of the molecule is CCCCCCCCCCCCC(=O)c1ccc2[nH]c3ccc(C(=O)CCCCCCCCCCCC)cc3c2c1. The molecule has 0 saturated carbocycles. The first-order valence-electron chi connectivity index (χ1n) is 17.3. The summed E-state index contributed by atoms with van der Waals surface area (Å²) < 4.78 is 0. The van der Waals surface area contributed by atoms with Crippen LogP contribution in [0.4, 0.5) is 0 Å². The number of carbonyl (C=O) groups excluding carboxylic acids is 2. The van der Waals surface area contributed by atoms with E-state index in [1.54, 1.807) is 0 Å². The van der Waals surface area contributed by atoms with Crippen molar-refractivity contribution in [2.75, 3.05) is 0 Å². The molecule has 3 rings (SSSR count). The summed E-state index contributed by atoms with van der Waals surface area (Å²) in [5.74, 6) is 0.461. The second-order valence-corrected chi connectivity index (χ2v) is 12.4. The van der Waals surface area contributed by atoms with Crippen molar-refractivity contribution in [1.29, 1.82) is 0 Å². The molecule has 0 amide bonds. The summed E-state index contributed by atoms with van der Waals surface area (Å²) in [5.41, 5.74) is 3.62. The zero-order chi connectivity index (χ0) is 29.1. The fraction of sp³-hybridized carbons (Fsp3) is 0.632. The first-order chi connectivity index (χ1) is 20.1. The minimum atomic E-state index is 0.231. The molecule has 3 aromatic rings. The average Bonchev–Trinajstić information content (AvgIpc) is 3.36. The number of ketones is 2. The lowest BCUT2D eigenvalue weighted by Crippen LogP contribution is -1.99. The molecule has 0 saturated heterocycles. The van der Waals surface area contributed by atoms with Crippen LogP contribution in [0.15, 0.2) is 36.4 Å². The summed E-state index contributed by atoms with van der Waals surface area (Å²) in [7, 11) is 0. The van der Waals surface area contributed by atoms with Gasteiger partial charge in [0.05, 0.1) is 0 Å². The lowest BCUT2D eigenvalue weighted by atomic mass is 9.99. The highest BCUT2D eigenvalue weighted by molar-refractivity contribution is 6.12. The van der Waals surface area contributed by atoms with Gasteiger partial charge in [0.2, 0.25) is 0 Å². The molecular weight excluding hydrogens is 502 g/mol. The first kappa shape index (κ1) is 33.1. The van der Waals surface area contributed by atoms with Crippen molar-refractivity contribution in [3.8, 4) is 0 Å². The molecule has 0 aliphatic rings. The molecule has 0 bridgehead atoms. The van der Waals surface area contributed by atoms with E-state index in [2.05, 4.69) is 18.8 Å². The number of Topliss-reactive ketones (excluding diaryl/α,β-unsaturated/α-hetero) is 2. The summed E-state index contributed by atoms with van der Waals surface area (Å²) in [6, 6.07) is 12.0. The third-order valence-corrected chi connectivity index (χ3v) is 8.76. The van der Waals surface area contributed by atoms with E-state index in [-0.39, 0.29) is 11.6 Å². The van der Waals surface area contributed by atoms with Gasteiger partial charge in [-0.1, -0.05) is 129 Å². The summed E-state index contributed by atoms with van der Waals surface area (Å²) in [6.45, 7) is 4.53. The molecule has 0 atom stereocenters. The summed E-state index contributed by atoms with van der Waals surface area (Å²) >= 11 is 0. The number of hydrogen-bond acceptors (Lipinski definition) is 2. The van der Waals surface area contributed by atoms with E-state index in [0.29, 0.717) is 12.8 Å². The Labute approximate surface area is 250 Å². The van der Waals surface area contributed by atoms with E-state index in [4.69, 9.17) is 0 Å². The Morgan fingerprint density at radius 3 is 1.12 bits per heavy atom. The number of rotatable bonds is 24. The normalized spacial score (nSPS) is 11.6. The van der Waals surface area contributed by atoms with E-state index in [1.807, 2.05) is 36.4 Å². The highest BCUT2D eigenvalue weighted by Crippen LogP contribution is 2.28. The molecule has 0 radical (unpaired) electrons. The van der Waals surface area contributed by atoms with E-state index in [1.165, 1.54) is 103 Å². The highest BCUT2D eigenvalue weighted by Gasteiger charge is 2.13. The van der Waals surface area contributed by atoms with Gasteiger partial charge in [0.15, 0.2) is 11.6 Å². The average molecular weight is 560 g/mol. The number of fused-ring (bicyclic) bond motifs is 3. The van der Waals surface area contributed by atoms with Gasteiger partial charge >= 0.3 is 0 Å². The largest absolute Gasteiger partial charge is 0.355 e.